The van der Waals surface area contributed by atoms with Crippen molar-refractivity contribution in [2.24, 2.45) is 0 Å². The fraction of sp³-hybridized carbons (Fsp3) is 0.111. The largest absolute Gasteiger partial charge is 0.418 e. The zero-order valence-electron chi connectivity index (χ0n) is 6.93. The highest BCUT2D eigenvalue weighted by Gasteiger charge is 2.37. The third-order valence-corrected chi connectivity index (χ3v) is 1.85. The van der Waals surface area contributed by atoms with Crippen LogP contribution in [0.2, 0.25) is 0 Å². The van der Waals surface area contributed by atoms with Gasteiger partial charge in [0.25, 0.3) is 0 Å². The van der Waals surface area contributed by atoms with Gasteiger partial charge < -0.3 is 4.84 Å². The quantitative estimate of drug-likeness (QED) is 0.696. The zero-order chi connectivity index (χ0) is 10.2. The van der Waals surface area contributed by atoms with Gasteiger partial charge in [-0.3, -0.25) is 0 Å². The summed E-state index contributed by atoms with van der Waals surface area (Å²) >= 11 is 0. The summed E-state index contributed by atoms with van der Waals surface area (Å²) in [5.74, 6) is 0.183. The van der Waals surface area contributed by atoms with E-state index in [1.54, 1.807) is 6.07 Å². The van der Waals surface area contributed by atoms with Crippen molar-refractivity contribution in [3.63, 3.8) is 0 Å². The lowest BCUT2D eigenvalue weighted by molar-refractivity contribution is -0.0703. The number of benzene rings is 1. The van der Waals surface area contributed by atoms with Crippen molar-refractivity contribution in [3.05, 3.63) is 36.0 Å². The van der Waals surface area contributed by atoms with Gasteiger partial charge in [0.05, 0.1) is 5.57 Å². The Morgan fingerprint density at radius 1 is 1.14 bits per heavy atom. The molecular formula is C9H6F3NO. The first-order chi connectivity index (χ1) is 6.59. The summed E-state index contributed by atoms with van der Waals surface area (Å²) in [6, 6.07) is 5.99. The molecule has 0 atom stereocenters. The van der Waals surface area contributed by atoms with Gasteiger partial charge in [0.1, 0.15) is 0 Å². The number of fused-ring (bicyclic) bond motifs is 1. The third-order valence-electron chi connectivity index (χ3n) is 1.85. The molecular weight excluding hydrogens is 195 g/mol. The highest BCUT2D eigenvalue weighted by Crippen LogP contribution is 2.38. The molecule has 0 aliphatic carbocycles. The molecule has 0 fully saturated rings. The molecule has 1 aromatic rings. The summed E-state index contributed by atoms with van der Waals surface area (Å²) in [5, 5.41) is 0. The minimum atomic E-state index is -4.37. The Balaban J connectivity index is 2.51. The average molecular weight is 201 g/mol. The zero-order valence-corrected chi connectivity index (χ0v) is 6.93. The van der Waals surface area contributed by atoms with Crippen LogP contribution in [0.3, 0.4) is 0 Å². The molecule has 1 aliphatic heterocycles. The molecule has 1 N–H and O–H groups in total. The van der Waals surface area contributed by atoms with E-state index in [9.17, 15) is 13.2 Å². The highest BCUT2D eigenvalue weighted by atomic mass is 19.4. The summed E-state index contributed by atoms with van der Waals surface area (Å²) < 4.78 is 37.4. The Morgan fingerprint density at radius 2 is 1.86 bits per heavy atom. The molecule has 1 aliphatic rings. The second-order valence-corrected chi connectivity index (χ2v) is 2.77. The molecule has 0 aromatic heterocycles. The van der Waals surface area contributed by atoms with E-state index in [1.165, 1.54) is 18.2 Å². The van der Waals surface area contributed by atoms with Crippen LogP contribution in [0.25, 0.3) is 5.57 Å². The second-order valence-electron chi connectivity index (χ2n) is 2.77. The SMILES string of the molecule is FC(F)(F)C1=CNOc2ccccc21. The van der Waals surface area contributed by atoms with Crippen molar-refractivity contribution < 1.29 is 18.0 Å². The predicted molar refractivity (Wildman–Crippen MR) is 44.2 cm³/mol. The molecule has 1 heterocycles. The fourth-order valence-electron chi connectivity index (χ4n) is 1.24. The Hall–Kier alpha value is -1.65. The monoisotopic (exact) mass is 201 g/mol. The Morgan fingerprint density at radius 3 is 2.57 bits per heavy atom. The van der Waals surface area contributed by atoms with Gasteiger partial charge in [-0.15, -0.1) is 0 Å². The Bertz CT molecular complexity index is 384. The van der Waals surface area contributed by atoms with Gasteiger partial charge in [-0.05, 0) is 6.07 Å². The van der Waals surface area contributed by atoms with E-state index < -0.39 is 11.7 Å². The molecule has 0 spiro atoms. The van der Waals surface area contributed by atoms with Crippen molar-refractivity contribution in [1.29, 1.82) is 0 Å². The molecule has 1 aromatic carbocycles. The normalized spacial score (nSPS) is 14.9. The van der Waals surface area contributed by atoms with Crippen molar-refractivity contribution in [1.82, 2.24) is 5.48 Å². The summed E-state index contributed by atoms with van der Waals surface area (Å²) in [5.41, 5.74) is 1.45. The topological polar surface area (TPSA) is 21.3 Å². The molecule has 0 unspecified atom stereocenters. The number of hydroxylamine groups is 1. The number of halogens is 3. The smallest absolute Gasteiger partial charge is 0.382 e. The van der Waals surface area contributed by atoms with Gasteiger partial charge in [-0.2, -0.15) is 13.2 Å². The first-order valence-electron chi connectivity index (χ1n) is 3.88. The number of hydrogen-bond donors (Lipinski definition) is 1. The molecule has 2 nitrogen and oxygen atoms in total. The van der Waals surface area contributed by atoms with Gasteiger partial charge in [0, 0.05) is 11.8 Å². The maximum atomic E-state index is 12.5. The molecule has 0 saturated heterocycles. The Kier molecular flexibility index (Phi) is 1.87. The van der Waals surface area contributed by atoms with E-state index in [1.807, 2.05) is 0 Å². The molecule has 2 rings (SSSR count). The lowest BCUT2D eigenvalue weighted by Gasteiger charge is -2.20. The number of nitrogens with one attached hydrogen (secondary N) is 1. The van der Waals surface area contributed by atoms with Gasteiger partial charge >= 0.3 is 6.18 Å². The van der Waals surface area contributed by atoms with Crippen LogP contribution in [0.1, 0.15) is 5.56 Å². The molecule has 0 radical (unpaired) electrons. The van der Waals surface area contributed by atoms with Crippen LogP contribution < -0.4 is 10.3 Å². The highest BCUT2D eigenvalue weighted by molar-refractivity contribution is 5.74. The van der Waals surface area contributed by atoms with Gasteiger partial charge in [0.15, 0.2) is 5.75 Å². The molecule has 14 heavy (non-hydrogen) atoms. The number of rotatable bonds is 0. The Labute approximate surface area is 77.9 Å². The molecule has 0 saturated carbocycles. The molecule has 5 heteroatoms. The van der Waals surface area contributed by atoms with Crippen LogP contribution in [-0.4, -0.2) is 6.18 Å². The summed E-state index contributed by atoms with van der Waals surface area (Å²) in [4.78, 5) is 4.82. The number of alkyl halides is 3. The van der Waals surface area contributed by atoms with Crippen LogP contribution in [0.15, 0.2) is 30.5 Å². The summed E-state index contributed by atoms with van der Waals surface area (Å²) in [6.45, 7) is 0. The van der Waals surface area contributed by atoms with Crippen LogP contribution in [-0.2, 0) is 0 Å². The van der Waals surface area contributed by atoms with Crippen molar-refractivity contribution in [3.8, 4) is 5.75 Å². The lowest BCUT2D eigenvalue weighted by atomic mass is 10.1. The van der Waals surface area contributed by atoms with Crippen LogP contribution in [0.5, 0.6) is 5.75 Å². The predicted octanol–water partition coefficient (Wildman–Crippen LogP) is 2.49. The third kappa shape index (κ3) is 1.41. The van der Waals surface area contributed by atoms with Gasteiger partial charge in [-0.25, -0.2) is 5.48 Å². The summed E-state index contributed by atoms with van der Waals surface area (Å²) in [6.07, 6.45) is -3.56. The molecule has 0 bridgehead atoms. The van der Waals surface area contributed by atoms with Crippen LogP contribution >= 0.6 is 0 Å². The van der Waals surface area contributed by atoms with Crippen LogP contribution in [0, 0.1) is 0 Å². The first kappa shape index (κ1) is 8.93. The van der Waals surface area contributed by atoms with Crippen molar-refractivity contribution >= 4 is 5.57 Å². The van der Waals surface area contributed by atoms with E-state index in [4.69, 9.17) is 4.84 Å². The molecule has 74 valence electrons. The van der Waals surface area contributed by atoms with Gasteiger partial charge in [-0.1, -0.05) is 18.2 Å². The van der Waals surface area contributed by atoms with E-state index >= 15 is 0 Å². The van der Waals surface area contributed by atoms with Crippen molar-refractivity contribution in [2.45, 2.75) is 6.18 Å². The number of para-hydroxylation sites is 1. The standard InChI is InChI=1S/C9H6F3NO/c10-9(11,12)7-5-13-14-8-4-2-1-3-6(7)8/h1-5,13H. The van der Waals surface area contributed by atoms with E-state index in [0.717, 1.165) is 6.20 Å². The summed E-state index contributed by atoms with van der Waals surface area (Å²) in [7, 11) is 0. The van der Waals surface area contributed by atoms with Crippen molar-refractivity contribution in [2.75, 3.05) is 0 Å². The van der Waals surface area contributed by atoms with Crippen LogP contribution in [0.4, 0.5) is 13.2 Å². The lowest BCUT2D eigenvalue weighted by Crippen LogP contribution is -2.23. The number of hydrogen-bond acceptors (Lipinski definition) is 2. The average Bonchev–Trinajstić information content (AvgIpc) is 2.15. The molecule has 0 amide bonds. The fourth-order valence-corrected chi connectivity index (χ4v) is 1.24. The number of allylic oxidation sites excluding steroid dienone is 1. The van der Waals surface area contributed by atoms with E-state index in [0.29, 0.717) is 0 Å². The van der Waals surface area contributed by atoms with E-state index in [2.05, 4.69) is 5.48 Å². The maximum Gasteiger partial charge on any atom is 0.418 e. The first-order valence-corrected chi connectivity index (χ1v) is 3.88. The van der Waals surface area contributed by atoms with E-state index in [-0.39, 0.29) is 11.3 Å². The van der Waals surface area contributed by atoms with Gasteiger partial charge in [0.2, 0.25) is 0 Å². The minimum absolute atomic E-state index is 0.0544. The second kappa shape index (κ2) is 2.94. The maximum absolute atomic E-state index is 12.5. The minimum Gasteiger partial charge on any atom is -0.382 e.